The van der Waals surface area contributed by atoms with Gasteiger partial charge >= 0.3 is 0 Å². The summed E-state index contributed by atoms with van der Waals surface area (Å²) in [5.74, 6) is 0.202. The predicted molar refractivity (Wildman–Crippen MR) is 68.3 cm³/mol. The summed E-state index contributed by atoms with van der Waals surface area (Å²) in [7, 11) is 1.85. The molecule has 0 saturated heterocycles. The summed E-state index contributed by atoms with van der Waals surface area (Å²) in [5, 5.41) is 3.51. The number of carbonyl (C=O) groups excluding carboxylic acids is 1. The first-order chi connectivity index (χ1) is 8.24. The minimum Gasteiger partial charge on any atom is -0.315 e. The van der Waals surface area contributed by atoms with E-state index in [1.54, 1.807) is 4.90 Å². The molecule has 3 heteroatoms. The first kappa shape index (κ1) is 10.8. The SMILES string of the molecule is CN1C(=O)Cc2cc(CCNC3CC3)ccc21. The molecule has 1 amide bonds. The predicted octanol–water partition coefficient (Wildman–Crippen LogP) is 1.50. The topological polar surface area (TPSA) is 32.3 Å². The van der Waals surface area contributed by atoms with Crippen LogP contribution < -0.4 is 10.2 Å². The zero-order valence-electron chi connectivity index (χ0n) is 10.2. The number of likely N-dealkylation sites (N-methyl/N-ethyl adjacent to an activating group) is 1. The number of anilines is 1. The first-order valence-electron chi connectivity index (χ1n) is 6.36. The van der Waals surface area contributed by atoms with Crippen molar-refractivity contribution < 1.29 is 4.79 Å². The standard InChI is InChI=1S/C14H18N2O/c1-16-13-5-2-10(6-7-15-12-3-4-12)8-11(13)9-14(16)17/h2,5,8,12,15H,3-4,6-7,9H2,1H3. The molecule has 3 rings (SSSR count). The van der Waals surface area contributed by atoms with Crippen LogP contribution >= 0.6 is 0 Å². The Hall–Kier alpha value is -1.35. The molecule has 1 fully saturated rings. The lowest BCUT2D eigenvalue weighted by Crippen LogP contribution is -2.20. The highest BCUT2D eigenvalue weighted by Crippen LogP contribution is 2.28. The molecule has 0 bridgehead atoms. The number of hydrogen-bond acceptors (Lipinski definition) is 2. The Morgan fingerprint density at radius 3 is 3.00 bits per heavy atom. The molecule has 3 nitrogen and oxygen atoms in total. The van der Waals surface area contributed by atoms with Gasteiger partial charge in [-0.15, -0.1) is 0 Å². The maximum absolute atomic E-state index is 11.6. The summed E-state index contributed by atoms with van der Waals surface area (Å²) >= 11 is 0. The van der Waals surface area contributed by atoms with Crippen molar-refractivity contribution in [3.8, 4) is 0 Å². The molecule has 1 aromatic rings. The van der Waals surface area contributed by atoms with Crippen molar-refractivity contribution in [2.45, 2.75) is 31.7 Å². The molecule has 0 spiro atoms. The molecule has 0 atom stereocenters. The van der Waals surface area contributed by atoms with Crippen LogP contribution in [-0.4, -0.2) is 25.5 Å². The highest BCUT2D eigenvalue weighted by atomic mass is 16.2. The van der Waals surface area contributed by atoms with E-state index in [2.05, 4.69) is 23.5 Å². The zero-order chi connectivity index (χ0) is 11.8. The molecule has 0 radical (unpaired) electrons. The molecule has 2 aliphatic rings. The molecular weight excluding hydrogens is 212 g/mol. The van der Waals surface area contributed by atoms with Crippen LogP contribution in [0.25, 0.3) is 0 Å². The van der Waals surface area contributed by atoms with Gasteiger partial charge in [0.25, 0.3) is 0 Å². The Labute approximate surface area is 102 Å². The van der Waals surface area contributed by atoms with Crippen molar-refractivity contribution in [3.63, 3.8) is 0 Å². The van der Waals surface area contributed by atoms with Crippen molar-refractivity contribution >= 4 is 11.6 Å². The molecular formula is C14H18N2O. The van der Waals surface area contributed by atoms with Crippen molar-refractivity contribution in [3.05, 3.63) is 29.3 Å². The lowest BCUT2D eigenvalue weighted by atomic mass is 10.1. The molecule has 17 heavy (non-hydrogen) atoms. The van der Waals surface area contributed by atoms with Gasteiger partial charge in [-0.1, -0.05) is 12.1 Å². The highest BCUT2D eigenvalue weighted by molar-refractivity contribution is 6.00. The van der Waals surface area contributed by atoms with Crippen LogP contribution in [0.15, 0.2) is 18.2 Å². The summed E-state index contributed by atoms with van der Waals surface area (Å²) in [6.07, 6.45) is 4.30. The van der Waals surface area contributed by atoms with E-state index in [-0.39, 0.29) is 5.91 Å². The van der Waals surface area contributed by atoms with Gasteiger partial charge in [0.2, 0.25) is 5.91 Å². The van der Waals surface area contributed by atoms with Crippen molar-refractivity contribution in [2.75, 3.05) is 18.5 Å². The van der Waals surface area contributed by atoms with E-state index in [0.29, 0.717) is 6.42 Å². The number of fused-ring (bicyclic) bond motifs is 1. The Morgan fingerprint density at radius 2 is 2.24 bits per heavy atom. The molecule has 0 unspecified atom stereocenters. The quantitative estimate of drug-likeness (QED) is 0.850. The van der Waals surface area contributed by atoms with E-state index in [1.807, 2.05) is 7.05 Å². The summed E-state index contributed by atoms with van der Waals surface area (Å²) in [4.78, 5) is 13.3. The third-order valence-electron chi connectivity index (χ3n) is 3.65. The highest BCUT2D eigenvalue weighted by Gasteiger charge is 2.24. The number of rotatable bonds is 4. The molecule has 90 valence electrons. The largest absolute Gasteiger partial charge is 0.315 e. The van der Waals surface area contributed by atoms with Crippen LogP contribution in [0.1, 0.15) is 24.0 Å². The van der Waals surface area contributed by atoms with Gasteiger partial charge in [0.15, 0.2) is 0 Å². The minimum atomic E-state index is 0.202. The van der Waals surface area contributed by atoms with E-state index < -0.39 is 0 Å². The van der Waals surface area contributed by atoms with Crippen LogP contribution in [0.2, 0.25) is 0 Å². The van der Waals surface area contributed by atoms with Crippen LogP contribution in [0.3, 0.4) is 0 Å². The average Bonchev–Trinajstić information content (AvgIpc) is 3.08. The van der Waals surface area contributed by atoms with Crippen LogP contribution in [0.5, 0.6) is 0 Å². The van der Waals surface area contributed by atoms with Gasteiger partial charge in [-0.25, -0.2) is 0 Å². The third-order valence-corrected chi connectivity index (χ3v) is 3.65. The number of nitrogens with one attached hydrogen (secondary N) is 1. The number of hydrogen-bond donors (Lipinski definition) is 1. The number of benzene rings is 1. The second-order valence-corrected chi connectivity index (χ2v) is 5.07. The lowest BCUT2D eigenvalue weighted by Gasteiger charge is -2.10. The van der Waals surface area contributed by atoms with Crippen LogP contribution in [0.4, 0.5) is 5.69 Å². The van der Waals surface area contributed by atoms with Gasteiger partial charge in [-0.3, -0.25) is 4.79 Å². The van der Waals surface area contributed by atoms with Gasteiger partial charge in [0.05, 0.1) is 6.42 Å². The molecule has 0 aromatic heterocycles. The molecule has 1 aliphatic heterocycles. The first-order valence-corrected chi connectivity index (χ1v) is 6.36. The average molecular weight is 230 g/mol. The summed E-state index contributed by atoms with van der Waals surface area (Å²) in [5.41, 5.74) is 3.59. The molecule has 1 aromatic carbocycles. The van der Waals surface area contributed by atoms with E-state index in [1.165, 1.54) is 24.0 Å². The monoisotopic (exact) mass is 230 g/mol. The molecule has 1 aliphatic carbocycles. The van der Waals surface area contributed by atoms with Crippen molar-refractivity contribution in [1.29, 1.82) is 0 Å². The summed E-state index contributed by atoms with van der Waals surface area (Å²) in [6.45, 7) is 1.05. The second-order valence-electron chi connectivity index (χ2n) is 5.07. The Balaban J connectivity index is 1.66. The van der Waals surface area contributed by atoms with Crippen molar-refractivity contribution in [1.82, 2.24) is 5.32 Å². The Bertz CT molecular complexity index is 452. The van der Waals surface area contributed by atoms with E-state index in [0.717, 1.165) is 24.7 Å². The third kappa shape index (κ3) is 2.20. The van der Waals surface area contributed by atoms with Gasteiger partial charge in [-0.2, -0.15) is 0 Å². The molecule has 1 saturated carbocycles. The fourth-order valence-electron chi connectivity index (χ4n) is 2.39. The lowest BCUT2D eigenvalue weighted by molar-refractivity contribution is -0.117. The summed E-state index contributed by atoms with van der Waals surface area (Å²) in [6, 6.07) is 7.18. The Kier molecular flexibility index (Phi) is 2.63. The maximum atomic E-state index is 11.6. The Morgan fingerprint density at radius 1 is 1.41 bits per heavy atom. The molecule has 1 N–H and O–H groups in total. The van der Waals surface area contributed by atoms with Gasteiger partial charge in [0, 0.05) is 18.8 Å². The van der Waals surface area contributed by atoms with E-state index in [4.69, 9.17) is 0 Å². The summed E-state index contributed by atoms with van der Waals surface area (Å²) < 4.78 is 0. The van der Waals surface area contributed by atoms with Gasteiger partial charge in [-0.05, 0) is 43.0 Å². The maximum Gasteiger partial charge on any atom is 0.231 e. The number of carbonyl (C=O) groups is 1. The minimum absolute atomic E-state index is 0.202. The second kappa shape index (κ2) is 4.15. The zero-order valence-corrected chi connectivity index (χ0v) is 10.2. The smallest absolute Gasteiger partial charge is 0.231 e. The fourth-order valence-corrected chi connectivity index (χ4v) is 2.39. The fraction of sp³-hybridized carbons (Fsp3) is 0.500. The van der Waals surface area contributed by atoms with E-state index >= 15 is 0 Å². The van der Waals surface area contributed by atoms with Crippen LogP contribution in [0, 0.1) is 0 Å². The van der Waals surface area contributed by atoms with Crippen LogP contribution in [-0.2, 0) is 17.6 Å². The normalized spacial score (nSPS) is 18.6. The number of amides is 1. The van der Waals surface area contributed by atoms with E-state index in [9.17, 15) is 4.79 Å². The van der Waals surface area contributed by atoms with Crippen molar-refractivity contribution in [2.24, 2.45) is 0 Å². The van der Waals surface area contributed by atoms with Gasteiger partial charge in [0.1, 0.15) is 0 Å². The molecule has 1 heterocycles. The van der Waals surface area contributed by atoms with Gasteiger partial charge < -0.3 is 10.2 Å². The number of nitrogens with zero attached hydrogens (tertiary/aromatic N) is 1.